The van der Waals surface area contributed by atoms with Crippen LogP contribution in [0.15, 0.2) is 60.7 Å². The number of nitrogens with zero attached hydrogens (tertiary/aromatic N) is 3. The first kappa shape index (κ1) is 23.7. The molecule has 0 aromatic heterocycles. The van der Waals surface area contributed by atoms with E-state index in [-0.39, 0.29) is 5.97 Å². The van der Waals surface area contributed by atoms with Crippen molar-refractivity contribution in [1.29, 1.82) is 0 Å². The third-order valence-electron chi connectivity index (χ3n) is 6.87. The van der Waals surface area contributed by atoms with Crippen molar-refractivity contribution < 1.29 is 9.53 Å². The number of benzene rings is 3. The zero-order chi connectivity index (χ0) is 24.6. The zero-order valence-electron chi connectivity index (χ0n) is 21.3. The fourth-order valence-corrected chi connectivity index (χ4v) is 4.92. The van der Waals surface area contributed by atoms with Gasteiger partial charge in [0.25, 0.3) is 0 Å². The molecule has 0 saturated heterocycles. The van der Waals surface area contributed by atoms with Gasteiger partial charge in [-0.3, -0.25) is 0 Å². The summed E-state index contributed by atoms with van der Waals surface area (Å²) in [6.07, 6.45) is 0. The molecule has 3 aromatic carbocycles. The van der Waals surface area contributed by atoms with Gasteiger partial charge in [-0.1, -0.05) is 24.3 Å². The molecular weight excluding hydrogens is 422 g/mol. The maximum Gasteiger partial charge on any atom is 0.340 e. The van der Waals surface area contributed by atoms with Crippen LogP contribution in [0.1, 0.15) is 46.5 Å². The lowest BCUT2D eigenvalue weighted by molar-refractivity contribution is 0.0250. The van der Waals surface area contributed by atoms with Gasteiger partial charge in [-0.25, -0.2) is 4.79 Å². The van der Waals surface area contributed by atoms with Gasteiger partial charge in [0.2, 0.25) is 0 Å². The highest BCUT2D eigenvalue weighted by Gasteiger charge is 2.49. The van der Waals surface area contributed by atoms with E-state index in [0.717, 1.165) is 52.4 Å². The Bertz CT molecular complexity index is 1200. The molecule has 1 atom stereocenters. The molecule has 0 amide bonds. The lowest BCUT2D eigenvalue weighted by Crippen LogP contribution is -2.31. The summed E-state index contributed by atoms with van der Waals surface area (Å²) in [7, 11) is 8.02. The van der Waals surface area contributed by atoms with Crippen molar-refractivity contribution in [2.45, 2.75) is 26.4 Å². The van der Waals surface area contributed by atoms with Gasteiger partial charge in [0, 0.05) is 75.0 Å². The summed E-state index contributed by atoms with van der Waals surface area (Å²) in [5.41, 5.74) is 6.78. The van der Waals surface area contributed by atoms with Gasteiger partial charge in [-0.2, -0.15) is 0 Å². The predicted molar refractivity (Wildman–Crippen MR) is 142 cm³/mol. The molecule has 34 heavy (non-hydrogen) atoms. The fourth-order valence-electron chi connectivity index (χ4n) is 4.92. The summed E-state index contributed by atoms with van der Waals surface area (Å²) in [6, 6.07) is 20.9. The summed E-state index contributed by atoms with van der Waals surface area (Å²) < 4.78 is 6.38. The van der Waals surface area contributed by atoms with Crippen LogP contribution < -0.4 is 14.7 Å². The molecule has 0 spiro atoms. The number of anilines is 3. The normalized spacial score (nSPS) is 16.7. The minimum absolute atomic E-state index is 0.289. The lowest BCUT2D eigenvalue weighted by atomic mass is 9.78. The first-order valence-electron chi connectivity index (χ1n) is 11.9. The summed E-state index contributed by atoms with van der Waals surface area (Å²) in [5, 5.41) is 0. The highest BCUT2D eigenvalue weighted by Crippen LogP contribution is 2.49. The van der Waals surface area contributed by atoms with Crippen molar-refractivity contribution in [2.75, 3.05) is 56.0 Å². The van der Waals surface area contributed by atoms with Crippen molar-refractivity contribution in [3.8, 4) is 0 Å². The molecule has 178 valence electrons. The Hall–Kier alpha value is -3.47. The van der Waals surface area contributed by atoms with E-state index in [2.05, 4.69) is 79.1 Å². The molecule has 3 aromatic rings. The van der Waals surface area contributed by atoms with Gasteiger partial charge in [0.1, 0.15) is 0 Å². The van der Waals surface area contributed by atoms with Crippen LogP contribution in [0.2, 0.25) is 0 Å². The van der Waals surface area contributed by atoms with Gasteiger partial charge in [-0.05, 0) is 62.7 Å². The number of rotatable bonds is 7. The smallest absolute Gasteiger partial charge is 0.340 e. The van der Waals surface area contributed by atoms with Gasteiger partial charge >= 0.3 is 5.97 Å². The van der Waals surface area contributed by atoms with Crippen LogP contribution in [0.25, 0.3) is 0 Å². The number of fused-ring (bicyclic) bond motifs is 1. The topological polar surface area (TPSA) is 36.0 Å². The van der Waals surface area contributed by atoms with Crippen LogP contribution in [-0.4, -0.2) is 47.2 Å². The van der Waals surface area contributed by atoms with Crippen LogP contribution in [0.5, 0.6) is 0 Å². The van der Waals surface area contributed by atoms with Crippen molar-refractivity contribution in [2.24, 2.45) is 0 Å². The van der Waals surface area contributed by atoms with Crippen LogP contribution in [0.4, 0.5) is 17.1 Å². The molecular formula is C29H35N3O2. The number of carbonyl (C=O) groups excluding carboxylic acids is 1. The maximum absolute atomic E-state index is 13.3. The Labute approximate surface area is 203 Å². The van der Waals surface area contributed by atoms with E-state index in [0.29, 0.717) is 5.56 Å². The number of hydrogen-bond donors (Lipinski definition) is 0. The Kier molecular flexibility index (Phi) is 6.30. The highest BCUT2D eigenvalue weighted by molar-refractivity contribution is 5.97. The van der Waals surface area contributed by atoms with E-state index in [1.165, 1.54) is 0 Å². The summed E-state index contributed by atoms with van der Waals surface area (Å²) in [6.45, 7) is 8.29. The summed E-state index contributed by atoms with van der Waals surface area (Å²) in [5.74, 6) is -0.289. The summed E-state index contributed by atoms with van der Waals surface area (Å²) >= 11 is 0. The number of aryl methyl sites for hydroxylation is 1. The number of carbonyl (C=O) groups is 1. The van der Waals surface area contributed by atoms with Crippen molar-refractivity contribution in [3.05, 3.63) is 88.5 Å². The molecule has 0 N–H and O–H groups in total. The second-order valence-corrected chi connectivity index (χ2v) is 9.31. The molecule has 4 rings (SSSR count). The second-order valence-electron chi connectivity index (χ2n) is 9.31. The van der Waals surface area contributed by atoms with E-state index in [4.69, 9.17) is 4.74 Å². The molecule has 1 unspecified atom stereocenters. The Morgan fingerprint density at radius 2 is 1.26 bits per heavy atom. The molecule has 0 bridgehead atoms. The minimum atomic E-state index is -0.992. The largest absolute Gasteiger partial charge is 0.441 e. The fraction of sp³-hybridized carbons (Fsp3) is 0.345. The standard InChI is InChI=1S/C29H35N3O2/c1-8-32(9-2)22-12-10-21(11-13-22)29(26-16-14-23(30(4)5)18-20(26)3)27-17-15-24(31(6)7)19-25(27)28(33)34-29/h10-19H,8-9H2,1-7H3. The Morgan fingerprint density at radius 1 is 0.735 bits per heavy atom. The first-order chi connectivity index (χ1) is 16.2. The monoisotopic (exact) mass is 457 g/mol. The second kappa shape index (κ2) is 9.05. The molecule has 5 heteroatoms. The Balaban J connectivity index is 1.96. The minimum Gasteiger partial charge on any atom is -0.441 e. The molecule has 5 nitrogen and oxygen atoms in total. The van der Waals surface area contributed by atoms with Crippen molar-refractivity contribution >= 4 is 23.0 Å². The molecule has 1 heterocycles. The van der Waals surface area contributed by atoms with Crippen LogP contribution in [-0.2, 0) is 10.3 Å². The molecule has 0 fully saturated rings. The maximum atomic E-state index is 13.3. The lowest BCUT2D eigenvalue weighted by Gasteiger charge is -2.33. The third kappa shape index (κ3) is 3.79. The molecule has 1 aliphatic heterocycles. The zero-order valence-corrected chi connectivity index (χ0v) is 21.3. The Morgan fingerprint density at radius 3 is 1.79 bits per heavy atom. The van der Waals surface area contributed by atoms with Gasteiger partial charge < -0.3 is 19.4 Å². The predicted octanol–water partition coefficient (Wildman–Crippen LogP) is 5.44. The average Bonchev–Trinajstić information content (AvgIpc) is 3.12. The third-order valence-corrected chi connectivity index (χ3v) is 6.87. The summed E-state index contributed by atoms with van der Waals surface area (Å²) in [4.78, 5) is 19.7. The van der Waals surface area contributed by atoms with Crippen molar-refractivity contribution in [1.82, 2.24) is 0 Å². The number of ether oxygens (including phenoxy) is 1. The SMILES string of the molecule is CCN(CC)c1ccc(C2(c3ccc(N(C)C)cc3C)OC(=O)c3cc(N(C)C)ccc32)cc1. The van der Waals surface area contributed by atoms with E-state index in [1.54, 1.807) is 0 Å². The van der Waals surface area contributed by atoms with E-state index < -0.39 is 5.60 Å². The van der Waals surface area contributed by atoms with E-state index >= 15 is 0 Å². The van der Waals surface area contributed by atoms with Crippen LogP contribution in [0, 0.1) is 6.92 Å². The van der Waals surface area contributed by atoms with Crippen LogP contribution >= 0.6 is 0 Å². The number of esters is 1. The average molecular weight is 458 g/mol. The molecule has 1 aliphatic rings. The molecule has 0 saturated carbocycles. The first-order valence-corrected chi connectivity index (χ1v) is 11.9. The van der Waals surface area contributed by atoms with Gasteiger partial charge in [0.15, 0.2) is 5.60 Å². The molecule has 0 radical (unpaired) electrons. The van der Waals surface area contributed by atoms with Crippen LogP contribution in [0.3, 0.4) is 0 Å². The molecule has 0 aliphatic carbocycles. The van der Waals surface area contributed by atoms with Crippen molar-refractivity contribution in [3.63, 3.8) is 0 Å². The quantitative estimate of drug-likeness (QED) is 0.442. The highest BCUT2D eigenvalue weighted by atomic mass is 16.6. The van der Waals surface area contributed by atoms with E-state index in [9.17, 15) is 4.79 Å². The number of cyclic esters (lactones) is 1. The number of hydrogen-bond acceptors (Lipinski definition) is 5. The van der Waals surface area contributed by atoms with Gasteiger partial charge in [0.05, 0.1) is 5.56 Å². The van der Waals surface area contributed by atoms with Gasteiger partial charge in [-0.15, -0.1) is 0 Å². The van der Waals surface area contributed by atoms with E-state index in [1.807, 2.05) is 45.2 Å².